The average molecular weight is 317 g/mol. The van der Waals surface area contributed by atoms with Crippen molar-refractivity contribution in [1.29, 1.82) is 0 Å². The molecular weight excluding hydrogens is 302 g/mol. The van der Waals surface area contributed by atoms with Crippen LogP contribution in [0.3, 0.4) is 0 Å². The molecule has 108 valence electrons. The van der Waals surface area contributed by atoms with Crippen LogP contribution in [0.5, 0.6) is 0 Å². The van der Waals surface area contributed by atoms with Crippen molar-refractivity contribution in [2.24, 2.45) is 0 Å². The highest BCUT2D eigenvalue weighted by Gasteiger charge is 2.25. The summed E-state index contributed by atoms with van der Waals surface area (Å²) in [5.74, 6) is 5.32. The van der Waals surface area contributed by atoms with Crippen LogP contribution in [0.2, 0.25) is 0 Å². The number of anilines is 1. The Balaban J connectivity index is 1.54. The molecule has 0 aromatic carbocycles. The third-order valence-corrected chi connectivity index (χ3v) is 5.03. The number of carbonyl (C=O) groups excluding carboxylic acids is 1. The van der Waals surface area contributed by atoms with Crippen molar-refractivity contribution in [3.63, 3.8) is 0 Å². The van der Waals surface area contributed by atoms with Crippen LogP contribution in [0.25, 0.3) is 0 Å². The molecule has 1 aliphatic heterocycles. The van der Waals surface area contributed by atoms with E-state index in [0.717, 1.165) is 35.2 Å². The molecule has 0 bridgehead atoms. The highest BCUT2D eigenvalue weighted by atomic mass is 32.1. The molecule has 2 aromatic rings. The molecule has 0 saturated carbocycles. The van der Waals surface area contributed by atoms with Gasteiger partial charge in [0.1, 0.15) is 0 Å². The molecule has 0 aliphatic carbocycles. The van der Waals surface area contributed by atoms with Gasteiger partial charge in [-0.3, -0.25) is 4.79 Å². The van der Waals surface area contributed by atoms with Gasteiger partial charge in [-0.25, -0.2) is 4.98 Å². The quantitative estimate of drug-likeness (QED) is 0.864. The molecule has 0 spiro atoms. The molecule has 1 amide bonds. The van der Waals surface area contributed by atoms with Gasteiger partial charge in [-0.2, -0.15) is 0 Å². The van der Waals surface area contributed by atoms with E-state index in [0.29, 0.717) is 0 Å². The van der Waals surface area contributed by atoms with Gasteiger partial charge in [-0.05, 0) is 30.7 Å². The van der Waals surface area contributed by atoms with Crippen molar-refractivity contribution in [3.05, 3.63) is 33.5 Å². The number of rotatable bonds is 2. The minimum atomic E-state index is -0.203. The second-order valence-electron chi connectivity index (χ2n) is 4.90. The normalized spacial score (nSPS) is 17.4. The standard InChI is InChI=1S/C15H15N3OS2/c1-11-10-21-15(16-11)18-7-6-12(9-18)17-14(19)5-4-13-3-2-8-20-13/h2-3,8,10,12H,6-7,9H2,1H3,(H,17,19). The van der Waals surface area contributed by atoms with E-state index in [4.69, 9.17) is 0 Å². The lowest BCUT2D eigenvalue weighted by atomic mass is 10.2. The van der Waals surface area contributed by atoms with Gasteiger partial charge in [0.2, 0.25) is 0 Å². The first-order valence-electron chi connectivity index (χ1n) is 6.74. The predicted octanol–water partition coefficient (Wildman–Crippen LogP) is 2.26. The van der Waals surface area contributed by atoms with E-state index in [1.165, 1.54) is 11.3 Å². The van der Waals surface area contributed by atoms with E-state index >= 15 is 0 Å². The van der Waals surface area contributed by atoms with Crippen molar-refractivity contribution in [1.82, 2.24) is 10.3 Å². The van der Waals surface area contributed by atoms with Gasteiger partial charge in [0.15, 0.2) is 5.13 Å². The lowest BCUT2D eigenvalue weighted by Crippen LogP contribution is -2.36. The topological polar surface area (TPSA) is 45.2 Å². The summed E-state index contributed by atoms with van der Waals surface area (Å²) < 4.78 is 0. The Hall–Kier alpha value is -1.84. The lowest BCUT2D eigenvalue weighted by molar-refractivity contribution is -0.116. The highest BCUT2D eigenvalue weighted by Crippen LogP contribution is 2.24. The molecule has 4 nitrogen and oxygen atoms in total. The summed E-state index contributed by atoms with van der Waals surface area (Å²) in [6, 6.07) is 3.99. The van der Waals surface area contributed by atoms with Crippen LogP contribution in [0.4, 0.5) is 5.13 Å². The van der Waals surface area contributed by atoms with Crippen molar-refractivity contribution in [2.45, 2.75) is 19.4 Å². The minimum absolute atomic E-state index is 0.152. The van der Waals surface area contributed by atoms with E-state index in [2.05, 4.69) is 27.0 Å². The Kier molecular flexibility index (Phi) is 4.23. The largest absolute Gasteiger partial charge is 0.346 e. The number of nitrogens with zero attached hydrogens (tertiary/aromatic N) is 2. The number of aryl methyl sites for hydroxylation is 1. The van der Waals surface area contributed by atoms with Crippen molar-refractivity contribution >= 4 is 33.7 Å². The van der Waals surface area contributed by atoms with Crippen molar-refractivity contribution in [2.75, 3.05) is 18.0 Å². The Morgan fingerprint density at radius 1 is 1.52 bits per heavy atom. The number of nitrogens with one attached hydrogen (secondary N) is 1. The fourth-order valence-electron chi connectivity index (χ4n) is 2.23. The van der Waals surface area contributed by atoms with E-state index < -0.39 is 0 Å². The number of amides is 1. The first-order valence-corrected chi connectivity index (χ1v) is 8.50. The van der Waals surface area contributed by atoms with Crippen molar-refractivity contribution in [3.8, 4) is 11.8 Å². The molecule has 1 unspecified atom stereocenters. The van der Waals surface area contributed by atoms with Crippen molar-refractivity contribution < 1.29 is 4.79 Å². The van der Waals surface area contributed by atoms with Crippen LogP contribution in [-0.4, -0.2) is 30.0 Å². The van der Waals surface area contributed by atoms with E-state index in [9.17, 15) is 4.79 Å². The maximum Gasteiger partial charge on any atom is 0.296 e. The Labute approximate surface area is 131 Å². The molecule has 0 radical (unpaired) electrons. The Morgan fingerprint density at radius 3 is 3.14 bits per heavy atom. The van der Waals surface area contributed by atoms with Crippen LogP contribution in [0, 0.1) is 18.8 Å². The predicted molar refractivity (Wildman–Crippen MR) is 86.8 cm³/mol. The fourth-order valence-corrected chi connectivity index (χ4v) is 3.64. The molecule has 1 atom stereocenters. The zero-order chi connectivity index (χ0) is 14.7. The third kappa shape index (κ3) is 3.63. The minimum Gasteiger partial charge on any atom is -0.346 e. The third-order valence-electron chi connectivity index (χ3n) is 3.22. The van der Waals surface area contributed by atoms with Crippen LogP contribution < -0.4 is 10.2 Å². The zero-order valence-electron chi connectivity index (χ0n) is 11.6. The van der Waals surface area contributed by atoms with Gasteiger partial charge >= 0.3 is 0 Å². The summed E-state index contributed by atoms with van der Waals surface area (Å²) in [7, 11) is 0. The molecule has 3 rings (SSSR count). The summed E-state index contributed by atoms with van der Waals surface area (Å²) in [5.41, 5.74) is 1.05. The van der Waals surface area contributed by atoms with Gasteiger partial charge < -0.3 is 10.2 Å². The Bertz CT molecular complexity index is 681. The fraction of sp³-hybridized carbons (Fsp3) is 0.333. The van der Waals surface area contributed by atoms with Gasteiger partial charge in [-0.1, -0.05) is 6.07 Å². The number of hydrogen-bond donors (Lipinski definition) is 1. The molecule has 1 N–H and O–H groups in total. The maximum absolute atomic E-state index is 11.8. The molecular formula is C15H15N3OS2. The smallest absolute Gasteiger partial charge is 0.296 e. The number of hydrogen-bond acceptors (Lipinski definition) is 5. The molecule has 1 aliphatic rings. The molecule has 3 heterocycles. The van der Waals surface area contributed by atoms with Crippen LogP contribution in [-0.2, 0) is 4.79 Å². The van der Waals surface area contributed by atoms with Gasteiger partial charge in [0, 0.05) is 30.4 Å². The van der Waals surface area contributed by atoms with E-state index in [1.807, 2.05) is 29.8 Å². The zero-order valence-corrected chi connectivity index (χ0v) is 13.3. The van der Waals surface area contributed by atoms with Crippen LogP contribution >= 0.6 is 22.7 Å². The van der Waals surface area contributed by atoms with Crippen LogP contribution in [0.1, 0.15) is 17.0 Å². The molecule has 1 saturated heterocycles. The first kappa shape index (κ1) is 14.1. The monoisotopic (exact) mass is 317 g/mol. The van der Waals surface area contributed by atoms with Gasteiger partial charge in [-0.15, -0.1) is 22.7 Å². The summed E-state index contributed by atoms with van der Waals surface area (Å²) in [6.07, 6.45) is 0.936. The number of thiazole rings is 1. The second-order valence-corrected chi connectivity index (χ2v) is 6.69. The maximum atomic E-state index is 11.8. The summed E-state index contributed by atoms with van der Waals surface area (Å²) in [6.45, 7) is 3.73. The van der Waals surface area contributed by atoms with Gasteiger partial charge in [0.05, 0.1) is 10.6 Å². The number of carbonyl (C=O) groups is 1. The number of thiophene rings is 1. The average Bonchev–Trinajstić information content (AvgIpc) is 3.17. The molecule has 21 heavy (non-hydrogen) atoms. The first-order chi connectivity index (χ1) is 10.2. The van der Waals surface area contributed by atoms with E-state index in [1.54, 1.807) is 11.3 Å². The van der Waals surface area contributed by atoms with Gasteiger partial charge in [0.25, 0.3) is 5.91 Å². The summed E-state index contributed by atoms with van der Waals surface area (Å²) in [5, 5.41) is 8.01. The highest BCUT2D eigenvalue weighted by molar-refractivity contribution is 7.13. The molecule has 6 heteroatoms. The second kappa shape index (κ2) is 6.29. The molecule has 1 fully saturated rings. The van der Waals surface area contributed by atoms with Crippen LogP contribution in [0.15, 0.2) is 22.9 Å². The summed E-state index contributed by atoms with van der Waals surface area (Å²) in [4.78, 5) is 19.4. The number of aromatic nitrogens is 1. The summed E-state index contributed by atoms with van der Waals surface area (Å²) >= 11 is 3.19. The SMILES string of the molecule is Cc1csc(N2CCC(NC(=O)C#Cc3cccs3)C2)n1. The lowest BCUT2D eigenvalue weighted by Gasteiger charge is -2.14. The molecule has 2 aromatic heterocycles. The van der Waals surface area contributed by atoms with E-state index in [-0.39, 0.29) is 11.9 Å². The Morgan fingerprint density at radius 2 is 2.43 bits per heavy atom.